The highest BCUT2D eigenvalue weighted by Gasteiger charge is 2.30. The van der Waals surface area contributed by atoms with E-state index in [-0.39, 0.29) is 0 Å². The molecule has 1 aromatic rings. The second kappa shape index (κ2) is 3.15. The fraction of sp³-hybridized carbons (Fsp3) is 0.273. The predicted molar refractivity (Wildman–Crippen MR) is 47.8 cm³/mol. The maximum Gasteiger partial charge on any atom is 0.416 e. The average Bonchev–Trinajstić information content (AvgIpc) is 2.87. The first-order chi connectivity index (χ1) is 6.55. The van der Waals surface area contributed by atoms with Crippen molar-refractivity contribution in [3.63, 3.8) is 0 Å². The summed E-state index contributed by atoms with van der Waals surface area (Å²) in [5.74, 6) is 0.374. The third-order valence-electron chi connectivity index (χ3n) is 2.19. The van der Waals surface area contributed by atoms with Crippen LogP contribution in [-0.4, -0.2) is 0 Å². The summed E-state index contributed by atoms with van der Waals surface area (Å²) in [4.78, 5) is 0. The molecule has 0 saturated carbocycles. The van der Waals surface area contributed by atoms with Gasteiger partial charge in [-0.2, -0.15) is 13.2 Å². The Morgan fingerprint density at radius 1 is 1.14 bits per heavy atom. The van der Waals surface area contributed by atoms with Gasteiger partial charge >= 0.3 is 6.18 Å². The fourth-order valence-electron chi connectivity index (χ4n) is 1.36. The molecule has 3 heteroatoms. The molecule has 2 rings (SSSR count). The van der Waals surface area contributed by atoms with Gasteiger partial charge in [-0.1, -0.05) is 30.4 Å². The van der Waals surface area contributed by atoms with E-state index in [1.165, 1.54) is 12.1 Å². The van der Waals surface area contributed by atoms with Gasteiger partial charge in [0.15, 0.2) is 0 Å². The molecule has 1 aliphatic rings. The van der Waals surface area contributed by atoms with Crippen molar-refractivity contribution < 1.29 is 13.2 Å². The average molecular weight is 198 g/mol. The molecule has 1 aromatic carbocycles. The van der Waals surface area contributed by atoms with Crippen LogP contribution in [0.3, 0.4) is 0 Å². The Bertz CT molecular complexity index is 357. The number of hydrogen-bond donors (Lipinski definition) is 0. The van der Waals surface area contributed by atoms with E-state index in [0.717, 1.165) is 11.6 Å². The van der Waals surface area contributed by atoms with Crippen molar-refractivity contribution in [3.8, 4) is 0 Å². The van der Waals surface area contributed by atoms with Crippen LogP contribution in [0.4, 0.5) is 13.2 Å². The largest absolute Gasteiger partial charge is 0.416 e. The van der Waals surface area contributed by atoms with Gasteiger partial charge in [0, 0.05) is 0 Å². The van der Waals surface area contributed by atoms with Crippen LogP contribution >= 0.6 is 0 Å². The van der Waals surface area contributed by atoms with Crippen LogP contribution in [0.25, 0.3) is 0 Å². The first kappa shape index (κ1) is 9.31. The molecule has 0 atom stereocenters. The highest BCUT2D eigenvalue weighted by Crippen LogP contribution is 2.30. The lowest BCUT2D eigenvalue weighted by Gasteiger charge is -2.08. The molecule has 0 bridgehead atoms. The smallest absolute Gasteiger partial charge is 0.166 e. The summed E-state index contributed by atoms with van der Waals surface area (Å²) in [5, 5.41) is 0. The van der Waals surface area contributed by atoms with Gasteiger partial charge in [0.1, 0.15) is 0 Å². The summed E-state index contributed by atoms with van der Waals surface area (Å²) in [7, 11) is 0. The number of alkyl halides is 3. The van der Waals surface area contributed by atoms with Crippen LogP contribution < -0.4 is 0 Å². The Hall–Kier alpha value is -1.25. The molecule has 0 heterocycles. The molecule has 0 saturated heterocycles. The summed E-state index contributed by atoms with van der Waals surface area (Å²) in [5.41, 5.74) is 0.186. The van der Waals surface area contributed by atoms with Crippen molar-refractivity contribution in [3.05, 3.63) is 47.5 Å². The van der Waals surface area contributed by atoms with Gasteiger partial charge in [0.2, 0.25) is 0 Å². The van der Waals surface area contributed by atoms with E-state index in [1.54, 1.807) is 6.07 Å². The monoisotopic (exact) mass is 198 g/mol. The predicted octanol–water partition coefficient (Wildman–Crippen LogP) is 3.43. The number of halogens is 3. The normalized spacial score (nSPS) is 15.9. The zero-order valence-electron chi connectivity index (χ0n) is 7.38. The first-order valence-corrected chi connectivity index (χ1v) is 4.40. The standard InChI is InChI=1S/C11H9F3/c12-11(13,14)10-3-1-2-9(7-10)6-8-4-5-8/h1-5,7-8H,6H2. The Morgan fingerprint density at radius 3 is 2.43 bits per heavy atom. The molecule has 0 unspecified atom stereocenters. The van der Waals surface area contributed by atoms with Gasteiger partial charge in [-0.25, -0.2) is 0 Å². The molecule has 0 nitrogen and oxygen atoms in total. The van der Waals surface area contributed by atoms with Crippen molar-refractivity contribution >= 4 is 0 Å². The Labute approximate surface area is 80.1 Å². The highest BCUT2D eigenvalue weighted by atomic mass is 19.4. The van der Waals surface area contributed by atoms with E-state index in [1.807, 2.05) is 12.2 Å². The molecule has 0 N–H and O–H groups in total. The minimum Gasteiger partial charge on any atom is -0.166 e. The third-order valence-corrected chi connectivity index (χ3v) is 2.19. The van der Waals surface area contributed by atoms with Gasteiger partial charge in [-0.15, -0.1) is 0 Å². The number of benzene rings is 1. The zero-order valence-corrected chi connectivity index (χ0v) is 7.38. The van der Waals surface area contributed by atoms with E-state index >= 15 is 0 Å². The number of allylic oxidation sites excluding steroid dienone is 2. The van der Waals surface area contributed by atoms with Crippen molar-refractivity contribution in [2.24, 2.45) is 5.92 Å². The lowest BCUT2D eigenvalue weighted by molar-refractivity contribution is -0.137. The van der Waals surface area contributed by atoms with Gasteiger partial charge in [0.05, 0.1) is 5.56 Å². The Kier molecular flexibility index (Phi) is 2.10. The molecule has 0 aromatic heterocycles. The quantitative estimate of drug-likeness (QED) is 0.638. The Balaban J connectivity index is 2.17. The van der Waals surface area contributed by atoms with E-state index in [0.29, 0.717) is 12.3 Å². The van der Waals surface area contributed by atoms with Gasteiger partial charge < -0.3 is 0 Å². The highest BCUT2D eigenvalue weighted by molar-refractivity contribution is 5.29. The molecule has 74 valence electrons. The molecule has 1 aliphatic carbocycles. The molecule has 0 fully saturated rings. The van der Waals surface area contributed by atoms with Gasteiger partial charge in [-0.05, 0) is 24.0 Å². The van der Waals surface area contributed by atoms with Crippen LogP contribution in [0.15, 0.2) is 36.4 Å². The molecule has 0 radical (unpaired) electrons. The minimum atomic E-state index is -4.23. The van der Waals surface area contributed by atoms with Crippen LogP contribution in [-0.2, 0) is 12.6 Å². The van der Waals surface area contributed by atoms with Crippen molar-refractivity contribution in [2.75, 3.05) is 0 Å². The topological polar surface area (TPSA) is 0 Å². The maximum absolute atomic E-state index is 12.3. The lowest BCUT2D eigenvalue weighted by Crippen LogP contribution is -2.05. The molecule has 0 aliphatic heterocycles. The van der Waals surface area contributed by atoms with Crippen LogP contribution in [0.2, 0.25) is 0 Å². The molecule has 0 amide bonds. The van der Waals surface area contributed by atoms with Crippen LogP contribution in [0.5, 0.6) is 0 Å². The minimum absolute atomic E-state index is 0.374. The SMILES string of the molecule is FC(F)(F)c1cccc(CC2C=C2)c1. The maximum atomic E-state index is 12.3. The van der Waals surface area contributed by atoms with E-state index in [4.69, 9.17) is 0 Å². The van der Waals surface area contributed by atoms with E-state index in [9.17, 15) is 13.2 Å². The summed E-state index contributed by atoms with van der Waals surface area (Å²) >= 11 is 0. The lowest BCUT2D eigenvalue weighted by atomic mass is 10.0. The Morgan fingerprint density at radius 2 is 1.86 bits per heavy atom. The second-order valence-electron chi connectivity index (χ2n) is 3.45. The summed E-state index contributed by atoms with van der Waals surface area (Å²) < 4.78 is 36.9. The third kappa shape index (κ3) is 2.16. The summed E-state index contributed by atoms with van der Waals surface area (Å²) in [6.07, 6.45) is 0.428. The number of hydrogen-bond acceptors (Lipinski definition) is 0. The first-order valence-electron chi connectivity index (χ1n) is 4.40. The molecule has 0 spiro atoms. The number of rotatable bonds is 2. The van der Waals surface area contributed by atoms with Crippen molar-refractivity contribution in [1.82, 2.24) is 0 Å². The fourth-order valence-corrected chi connectivity index (χ4v) is 1.36. The van der Waals surface area contributed by atoms with Crippen molar-refractivity contribution in [2.45, 2.75) is 12.6 Å². The van der Waals surface area contributed by atoms with Crippen molar-refractivity contribution in [1.29, 1.82) is 0 Å². The summed E-state index contributed by atoms with van der Waals surface area (Å²) in [6.45, 7) is 0. The summed E-state index contributed by atoms with van der Waals surface area (Å²) in [6, 6.07) is 5.51. The van der Waals surface area contributed by atoms with Gasteiger partial charge in [-0.3, -0.25) is 0 Å². The van der Waals surface area contributed by atoms with Gasteiger partial charge in [0.25, 0.3) is 0 Å². The van der Waals surface area contributed by atoms with E-state index in [2.05, 4.69) is 0 Å². The van der Waals surface area contributed by atoms with E-state index < -0.39 is 11.7 Å². The molecule has 14 heavy (non-hydrogen) atoms. The van der Waals surface area contributed by atoms with Crippen LogP contribution in [0.1, 0.15) is 11.1 Å². The molecular formula is C11H9F3. The van der Waals surface area contributed by atoms with Crippen LogP contribution in [0, 0.1) is 5.92 Å². The zero-order chi connectivity index (χ0) is 10.2. The second-order valence-corrected chi connectivity index (χ2v) is 3.45. The molecular weight excluding hydrogens is 189 g/mol.